The van der Waals surface area contributed by atoms with Gasteiger partial charge in [0.25, 0.3) is 0 Å². The Hall–Kier alpha value is -2.15. The second kappa shape index (κ2) is 3.42. The van der Waals surface area contributed by atoms with Crippen LogP contribution in [0.3, 0.4) is 0 Å². The molecule has 0 bridgehead atoms. The van der Waals surface area contributed by atoms with Gasteiger partial charge in [-0.1, -0.05) is 11.3 Å². The van der Waals surface area contributed by atoms with Gasteiger partial charge in [-0.2, -0.15) is 9.61 Å². The van der Waals surface area contributed by atoms with Crippen molar-refractivity contribution < 1.29 is 9.47 Å². The maximum Gasteiger partial charge on any atom is 0.234 e. The monoisotopic (exact) mass is 260 g/mol. The fourth-order valence-electron chi connectivity index (χ4n) is 1.86. The number of benzene rings is 1. The van der Waals surface area contributed by atoms with Crippen LogP contribution in [0.4, 0.5) is 0 Å². The SMILES string of the molecule is Cc1nnc2sc(-c3ccc4c(c3)OCO4)nn12. The Balaban J connectivity index is 1.86. The Kier molecular flexibility index (Phi) is 1.87. The summed E-state index contributed by atoms with van der Waals surface area (Å²) in [4.78, 5) is 0.792. The Morgan fingerprint density at radius 1 is 1.22 bits per heavy atom. The van der Waals surface area contributed by atoms with Gasteiger partial charge >= 0.3 is 0 Å². The van der Waals surface area contributed by atoms with Gasteiger partial charge in [-0.15, -0.1) is 10.2 Å². The first-order valence-electron chi connectivity index (χ1n) is 5.40. The van der Waals surface area contributed by atoms with Crippen LogP contribution >= 0.6 is 11.3 Å². The van der Waals surface area contributed by atoms with Gasteiger partial charge in [-0.05, 0) is 25.1 Å². The zero-order valence-corrected chi connectivity index (χ0v) is 10.3. The highest BCUT2D eigenvalue weighted by atomic mass is 32.1. The van der Waals surface area contributed by atoms with E-state index in [9.17, 15) is 0 Å². The molecule has 0 spiro atoms. The molecule has 0 saturated carbocycles. The molecule has 18 heavy (non-hydrogen) atoms. The molecule has 4 rings (SSSR count). The zero-order chi connectivity index (χ0) is 12.1. The first kappa shape index (κ1) is 9.84. The first-order chi connectivity index (χ1) is 8.81. The number of fused-ring (bicyclic) bond motifs is 2. The highest BCUT2D eigenvalue weighted by Crippen LogP contribution is 2.36. The van der Waals surface area contributed by atoms with E-state index in [0.717, 1.165) is 32.9 Å². The Morgan fingerprint density at radius 3 is 3.00 bits per heavy atom. The Morgan fingerprint density at radius 2 is 2.11 bits per heavy atom. The Bertz CT molecular complexity index is 749. The van der Waals surface area contributed by atoms with Crippen LogP contribution < -0.4 is 9.47 Å². The summed E-state index contributed by atoms with van der Waals surface area (Å²) in [6.45, 7) is 2.16. The molecule has 1 aliphatic heterocycles. The van der Waals surface area contributed by atoms with E-state index in [-0.39, 0.29) is 6.79 Å². The molecule has 0 saturated heterocycles. The van der Waals surface area contributed by atoms with Gasteiger partial charge in [0, 0.05) is 5.56 Å². The molecule has 1 aromatic carbocycles. The van der Waals surface area contributed by atoms with Crippen molar-refractivity contribution in [2.75, 3.05) is 6.79 Å². The molecule has 2 aromatic heterocycles. The lowest BCUT2D eigenvalue weighted by Gasteiger charge is -1.98. The molecule has 6 nitrogen and oxygen atoms in total. The molecule has 3 aromatic rings. The topological polar surface area (TPSA) is 61.5 Å². The van der Waals surface area contributed by atoms with Gasteiger partial charge in [0.15, 0.2) is 17.3 Å². The summed E-state index contributed by atoms with van der Waals surface area (Å²) in [7, 11) is 0. The van der Waals surface area contributed by atoms with E-state index in [0.29, 0.717) is 0 Å². The molecule has 0 unspecified atom stereocenters. The summed E-state index contributed by atoms with van der Waals surface area (Å²) in [6.07, 6.45) is 0. The van der Waals surface area contributed by atoms with Crippen molar-refractivity contribution in [3.8, 4) is 22.1 Å². The molecule has 0 atom stereocenters. The minimum atomic E-state index is 0.281. The summed E-state index contributed by atoms with van der Waals surface area (Å²) in [5.41, 5.74) is 0.995. The van der Waals surface area contributed by atoms with E-state index in [1.165, 1.54) is 11.3 Å². The lowest BCUT2D eigenvalue weighted by Crippen LogP contribution is -1.92. The van der Waals surface area contributed by atoms with Crippen LogP contribution in [0.5, 0.6) is 11.5 Å². The molecule has 0 radical (unpaired) electrons. The average molecular weight is 260 g/mol. The summed E-state index contributed by atoms with van der Waals surface area (Å²) in [6, 6.07) is 5.80. The number of aryl methyl sites for hydroxylation is 1. The van der Waals surface area contributed by atoms with Crippen LogP contribution in [0.15, 0.2) is 18.2 Å². The van der Waals surface area contributed by atoms with Crippen molar-refractivity contribution in [1.29, 1.82) is 0 Å². The molecule has 0 aliphatic carbocycles. The van der Waals surface area contributed by atoms with Crippen molar-refractivity contribution in [2.24, 2.45) is 0 Å². The van der Waals surface area contributed by atoms with Gasteiger partial charge in [0.1, 0.15) is 5.01 Å². The van der Waals surface area contributed by atoms with Crippen molar-refractivity contribution in [3.05, 3.63) is 24.0 Å². The number of ether oxygens (including phenoxy) is 2. The molecular formula is C11H8N4O2S. The van der Waals surface area contributed by atoms with Crippen LogP contribution in [-0.4, -0.2) is 26.6 Å². The number of nitrogens with zero attached hydrogens (tertiary/aromatic N) is 4. The van der Waals surface area contributed by atoms with Crippen LogP contribution in [0, 0.1) is 6.92 Å². The largest absolute Gasteiger partial charge is 0.454 e. The second-order valence-corrected chi connectivity index (χ2v) is 4.87. The smallest absolute Gasteiger partial charge is 0.234 e. The quantitative estimate of drug-likeness (QED) is 0.668. The van der Waals surface area contributed by atoms with Gasteiger partial charge in [0.2, 0.25) is 11.8 Å². The van der Waals surface area contributed by atoms with E-state index in [1.807, 2.05) is 25.1 Å². The predicted molar refractivity (Wildman–Crippen MR) is 65.0 cm³/mol. The van der Waals surface area contributed by atoms with Crippen molar-refractivity contribution in [2.45, 2.75) is 6.92 Å². The van der Waals surface area contributed by atoms with Gasteiger partial charge in [-0.25, -0.2) is 0 Å². The average Bonchev–Trinajstić information content (AvgIpc) is 3.05. The maximum absolute atomic E-state index is 5.36. The molecular weight excluding hydrogens is 252 g/mol. The Labute approximate surface area is 106 Å². The molecule has 0 N–H and O–H groups in total. The molecule has 0 amide bonds. The number of rotatable bonds is 1. The summed E-state index contributed by atoms with van der Waals surface area (Å²) >= 11 is 1.50. The third-order valence-corrected chi connectivity index (χ3v) is 3.71. The lowest BCUT2D eigenvalue weighted by molar-refractivity contribution is 0.174. The third-order valence-electron chi connectivity index (χ3n) is 2.77. The van der Waals surface area contributed by atoms with Gasteiger partial charge < -0.3 is 9.47 Å². The fourth-order valence-corrected chi connectivity index (χ4v) is 2.74. The third kappa shape index (κ3) is 1.31. The maximum atomic E-state index is 5.36. The first-order valence-corrected chi connectivity index (χ1v) is 6.22. The van der Waals surface area contributed by atoms with Crippen LogP contribution in [-0.2, 0) is 0 Å². The van der Waals surface area contributed by atoms with Crippen molar-refractivity contribution in [3.63, 3.8) is 0 Å². The minimum absolute atomic E-state index is 0.281. The van der Waals surface area contributed by atoms with E-state index in [4.69, 9.17) is 9.47 Å². The molecule has 7 heteroatoms. The molecule has 3 heterocycles. The zero-order valence-electron chi connectivity index (χ0n) is 9.45. The summed E-state index contributed by atoms with van der Waals surface area (Å²) in [5, 5.41) is 13.4. The number of hydrogen-bond donors (Lipinski definition) is 0. The van der Waals surface area contributed by atoms with E-state index < -0.39 is 0 Å². The van der Waals surface area contributed by atoms with Gasteiger partial charge in [-0.3, -0.25) is 0 Å². The van der Waals surface area contributed by atoms with Crippen molar-refractivity contribution in [1.82, 2.24) is 19.8 Å². The minimum Gasteiger partial charge on any atom is -0.454 e. The standard InChI is InChI=1S/C11H8N4O2S/c1-6-12-13-11-15(6)14-10(18-11)7-2-3-8-9(4-7)17-5-16-8/h2-4H,5H2,1H3. The highest BCUT2D eigenvalue weighted by Gasteiger charge is 2.16. The van der Waals surface area contributed by atoms with Crippen LogP contribution in [0.1, 0.15) is 5.82 Å². The van der Waals surface area contributed by atoms with Crippen molar-refractivity contribution >= 4 is 16.3 Å². The molecule has 0 fully saturated rings. The molecule has 1 aliphatic rings. The van der Waals surface area contributed by atoms with E-state index in [1.54, 1.807) is 4.52 Å². The fraction of sp³-hybridized carbons (Fsp3) is 0.182. The predicted octanol–water partition coefficient (Wildman–Crippen LogP) is 1.89. The van der Waals surface area contributed by atoms with E-state index >= 15 is 0 Å². The van der Waals surface area contributed by atoms with Gasteiger partial charge in [0.05, 0.1) is 0 Å². The van der Waals surface area contributed by atoms with Crippen LogP contribution in [0.2, 0.25) is 0 Å². The second-order valence-electron chi connectivity index (χ2n) is 3.92. The lowest BCUT2D eigenvalue weighted by atomic mass is 10.2. The summed E-state index contributed by atoms with van der Waals surface area (Å²) < 4.78 is 12.4. The van der Waals surface area contributed by atoms with E-state index in [2.05, 4.69) is 15.3 Å². The van der Waals surface area contributed by atoms with Crippen LogP contribution in [0.25, 0.3) is 15.5 Å². The highest BCUT2D eigenvalue weighted by molar-refractivity contribution is 7.19. The molecule has 90 valence electrons. The number of hydrogen-bond acceptors (Lipinski definition) is 6. The summed E-state index contributed by atoms with van der Waals surface area (Å²) in [5.74, 6) is 2.32. The number of aromatic nitrogens is 4. The normalized spacial score (nSPS) is 13.4.